The fourth-order valence-electron chi connectivity index (χ4n) is 5.21. The van der Waals surface area contributed by atoms with Crippen molar-refractivity contribution in [3.05, 3.63) is 105 Å². The molecular formula is C31H40Cl2SiZr. The Morgan fingerprint density at radius 2 is 1.40 bits per heavy atom. The van der Waals surface area contributed by atoms with Crippen molar-refractivity contribution in [1.82, 2.24) is 0 Å². The zero-order valence-electron chi connectivity index (χ0n) is 21.6. The average Bonchev–Trinajstić information content (AvgIpc) is 3.49. The van der Waals surface area contributed by atoms with Crippen LogP contribution < -0.4 is 3.27 Å². The molecule has 0 aliphatic heterocycles. The van der Waals surface area contributed by atoms with Crippen molar-refractivity contribution >= 4 is 41.0 Å². The Kier molecular flexibility index (Phi) is 12.0. The van der Waals surface area contributed by atoms with Gasteiger partial charge in [-0.2, -0.15) is 0 Å². The molecule has 5 rings (SSSR count). The Balaban J connectivity index is 0.000000486. The summed E-state index contributed by atoms with van der Waals surface area (Å²) in [5, 5.41) is 0. The van der Waals surface area contributed by atoms with Crippen molar-refractivity contribution < 1.29 is 19.4 Å². The quantitative estimate of drug-likeness (QED) is 0.154. The maximum atomic E-state index is 2.66. The first-order valence-electron chi connectivity index (χ1n) is 12.7. The van der Waals surface area contributed by atoms with Gasteiger partial charge in [0.15, 0.2) is 0 Å². The van der Waals surface area contributed by atoms with Crippen LogP contribution in [-0.2, 0) is 25.8 Å². The monoisotopic (exact) mass is 600 g/mol. The number of hydrogen-bond donors (Lipinski definition) is 0. The first-order chi connectivity index (χ1) is 16.1. The molecule has 1 atom stereocenters. The fourth-order valence-corrected chi connectivity index (χ4v) is 17.3. The van der Waals surface area contributed by atoms with Gasteiger partial charge in [-0.25, -0.2) is 0 Å². The summed E-state index contributed by atoms with van der Waals surface area (Å²) in [6, 6.07) is 27.0. The van der Waals surface area contributed by atoms with Gasteiger partial charge in [0.05, 0.1) is 0 Å². The molecule has 0 nitrogen and oxygen atoms in total. The van der Waals surface area contributed by atoms with Crippen LogP contribution in [0.1, 0.15) is 62.6 Å². The molecule has 1 unspecified atom stereocenters. The number of allylic oxidation sites excluding steroid dienone is 4. The molecule has 0 N–H and O–H groups in total. The van der Waals surface area contributed by atoms with Gasteiger partial charge >= 0.3 is 169 Å². The van der Waals surface area contributed by atoms with Crippen LogP contribution in [0.2, 0.25) is 4.63 Å². The first kappa shape index (κ1) is 30.0. The Bertz CT molecular complexity index is 1160. The van der Waals surface area contributed by atoms with E-state index in [-0.39, 0.29) is 24.8 Å². The second kappa shape index (κ2) is 13.9. The molecule has 0 bridgehead atoms. The third-order valence-corrected chi connectivity index (χ3v) is 23.5. The molecule has 0 fully saturated rings. The molecule has 3 aromatic rings. The second-order valence-electron chi connectivity index (χ2n) is 9.90. The summed E-state index contributed by atoms with van der Waals surface area (Å²) < 4.78 is 6.19. The summed E-state index contributed by atoms with van der Waals surface area (Å²) in [6.45, 7) is 4.46. The van der Waals surface area contributed by atoms with E-state index in [4.69, 9.17) is 0 Å². The number of rotatable bonds is 6. The van der Waals surface area contributed by atoms with E-state index in [2.05, 4.69) is 103 Å². The van der Waals surface area contributed by atoms with Gasteiger partial charge in [0, 0.05) is 0 Å². The van der Waals surface area contributed by atoms with E-state index in [1.807, 2.05) is 0 Å². The molecule has 0 amide bonds. The first-order valence-corrected chi connectivity index (χ1v) is 26.0. The summed E-state index contributed by atoms with van der Waals surface area (Å²) in [7, 11) is 1.32. The van der Waals surface area contributed by atoms with Crippen molar-refractivity contribution in [1.29, 1.82) is 0 Å². The zero-order valence-corrected chi connectivity index (χ0v) is 27.7. The van der Waals surface area contributed by atoms with Gasteiger partial charge < -0.3 is 0 Å². The van der Waals surface area contributed by atoms with Crippen LogP contribution in [0.3, 0.4) is 0 Å². The standard InChI is InChI=1S/C13H9.C11H9.C6H14.CH3.2ClH.H3Si.Zr/c1-3-7-12-10(5-1)9-11-6-2-4-8-13(11)12;1-2-6-10(7-3-1)11-8-4-5-9-11;1-3-5-6-4-2;;;;;/h1-5,7-8H,9H2;1-3,6-9H,4H2;3-6H2,1-2H3;1H3;2*1H;1H3;. The SMILES string of the molecule is CCCCCC.Cl.Cl.[CH3][Zr]([SiH3])([C]1=CC(c2ccccc2)=CC1)[c]1cccc2c1Cc1ccccc1-2. The molecular weight excluding hydrogens is 563 g/mol. The molecule has 0 radical (unpaired) electrons. The van der Waals surface area contributed by atoms with E-state index in [1.54, 1.807) is 12.1 Å². The van der Waals surface area contributed by atoms with Gasteiger partial charge in [-0.1, -0.05) is 39.5 Å². The summed E-state index contributed by atoms with van der Waals surface area (Å²) in [5.74, 6) is 0. The van der Waals surface area contributed by atoms with Crippen molar-refractivity contribution in [3.63, 3.8) is 0 Å². The topological polar surface area (TPSA) is 0 Å². The van der Waals surface area contributed by atoms with Crippen LogP contribution in [0.5, 0.6) is 0 Å². The van der Waals surface area contributed by atoms with Crippen molar-refractivity contribution in [2.45, 2.75) is 57.0 Å². The van der Waals surface area contributed by atoms with Crippen molar-refractivity contribution in [2.24, 2.45) is 0 Å². The number of unbranched alkanes of at least 4 members (excludes halogenated alkanes) is 3. The van der Waals surface area contributed by atoms with Crippen LogP contribution in [0.25, 0.3) is 16.7 Å². The molecule has 2 aliphatic rings. The summed E-state index contributed by atoms with van der Waals surface area (Å²) in [5.41, 5.74) is 8.90. The van der Waals surface area contributed by atoms with Crippen LogP contribution in [0.15, 0.2) is 88.2 Å². The van der Waals surface area contributed by atoms with Gasteiger partial charge in [0.1, 0.15) is 0 Å². The minimum absolute atomic E-state index is 0. The van der Waals surface area contributed by atoms with Gasteiger partial charge in [-0.3, -0.25) is 0 Å². The molecule has 0 spiro atoms. The van der Waals surface area contributed by atoms with Crippen LogP contribution >= 0.6 is 24.8 Å². The molecule has 3 aromatic carbocycles. The predicted octanol–water partition coefficient (Wildman–Crippen LogP) is 8.17. The zero-order chi connectivity index (χ0) is 23.3. The third-order valence-electron chi connectivity index (χ3n) is 7.26. The minimum atomic E-state index is -2.46. The van der Waals surface area contributed by atoms with E-state index in [1.165, 1.54) is 60.9 Å². The van der Waals surface area contributed by atoms with Crippen molar-refractivity contribution in [3.8, 4) is 11.1 Å². The molecule has 0 saturated carbocycles. The molecule has 35 heavy (non-hydrogen) atoms. The van der Waals surface area contributed by atoms with E-state index < -0.39 is 19.4 Å². The van der Waals surface area contributed by atoms with Gasteiger partial charge in [-0.05, 0) is 0 Å². The number of fused-ring (bicyclic) bond motifs is 3. The van der Waals surface area contributed by atoms with E-state index in [0.29, 0.717) is 0 Å². The molecule has 0 saturated heterocycles. The molecule has 0 heterocycles. The maximum absolute atomic E-state index is 2.66. The summed E-state index contributed by atoms with van der Waals surface area (Å²) in [4.78, 5) is 0. The van der Waals surface area contributed by atoms with Crippen molar-refractivity contribution in [2.75, 3.05) is 0 Å². The second-order valence-corrected chi connectivity index (χ2v) is 32.6. The Morgan fingerprint density at radius 1 is 0.771 bits per heavy atom. The Hall–Kier alpha value is -1.18. The third kappa shape index (κ3) is 6.78. The number of hydrogen-bond acceptors (Lipinski definition) is 0. The van der Waals surface area contributed by atoms with Gasteiger partial charge in [0.2, 0.25) is 0 Å². The Morgan fingerprint density at radius 3 is 2.09 bits per heavy atom. The van der Waals surface area contributed by atoms with Crippen LogP contribution in [-0.4, -0.2) is 7.37 Å². The van der Waals surface area contributed by atoms with E-state index in [9.17, 15) is 0 Å². The van der Waals surface area contributed by atoms with E-state index >= 15 is 0 Å². The fraction of sp³-hybridized carbons (Fsp3) is 0.290. The average molecular weight is 603 g/mol. The molecule has 4 heteroatoms. The normalized spacial score (nSPS) is 14.7. The Labute approximate surface area is 231 Å². The summed E-state index contributed by atoms with van der Waals surface area (Å²) in [6.07, 6.45) is 12.8. The van der Waals surface area contributed by atoms with Crippen LogP contribution in [0, 0.1) is 0 Å². The molecule has 2 aliphatic carbocycles. The van der Waals surface area contributed by atoms with Gasteiger partial charge in [0.25, 0.3) is 0 Å². The summed E-state index contributed by atoms with van der Waals surface area (Å²) >= 11 is -2.46. The molecule has 186 valence electrons. The van der Waals surface area contributed by atoms with E-state index in [0.717, 1.165) is 12.8 Å². The number of halogens is 2. The predicted molar refractivity (Wildman–Crippen MR) is 162 cm³/mol. The van der Waals surface area contributed by atoms with Crippen LogP contribution in [0.4, 0.5) is 0 Å². The molecule has 0 aromatic heterocycles. The van der Waals surface area contributed by atoms with Gasteiger partial charge in [-0.15, -0.1) is 24.8 Å². The number of benzene rings is 3.